The maximum Gasteiger partial charge on any atom is 0.250 e. The molecule has 0 radical (unpaired) electrons. The molecule has 0 aromatic carbocycles. The second-order valence-electron chi connectivity index (χ2n) is 4.29. The maximum absolute atomic E-state index is 11.6. The molecule has 2 heterocycles. The summed E-state index contributed by atoms with van der Waals surface area (Å²) in [5, 5.41) is 3.19. The third-order valence-electron chi connectivity index (χ3n) is 3.07. The maximum atomic E-state index is 11.6. The molecule has 1 unspecified atom stereocenters. The average molecular weight is 235 g/mol. The molecule has 1 fully saturated rings. The van der Waals surface area contributed by atoms with Crippen molar-refractivity contribution in [2.75, 3.05) is 20.1 Å². The van der Waals surface area contributed by atoms with Crippen LogP contribution in [0.2, 0.25) is 0 Å². The summed E-state index contributed by atoms with van der Waals surface area (Å²) in [6, 6.07) is 5.01. The summed E-state index contributed by atoms with van der Waals surface area (Å²) < 4.78 is 1.64. The zero-order chi connectivity index (χ0) is 12.3. The van der Waals surface area contributed by atoms with Gasteiger partial charge in [0.25, 0.3) is 5.56 Å². The molecule has 2 rings (SSSR count). The first kappa shape index (κ1) is 11.9. The van der Waals surface area contributed by atoms with Crippen LogP contribution in [-0.4, -0.2) is 41.6 Å². The lowest BCUT2D eigenvalue weighted by Crippen LogP contribution is -2.39. The molecule has 1 atom stereocenters. The van der Waals surface area contributed by atoms with Gasteiger partial charge in [0.1, 0.15) is 0 Å². The van der Waals surface area contributed by atoms with Gasteiger partial charge >= 0.3 is 0 Å². The first-order chi connectivity index (χ1) is 8.18. The molecule has 0 aliphatic carbocycles. The van der Waals surface area contributed by atoms with Crippen LogP contribution in [0.15, 0.2) is 29.2 Å². The number of hydrogen-bond donors (Lipinski definition) is 1. The summed E-state index contributed by atoms with van der Waals surface area (Å²) in [4.78, 5) is 24.8. The first-order valence-electron chi connectivity index (χ1n) is 5.82. The van der Waals surface area contributed by atoms with Crippen LogP contribution >= 0.6 is 0 Å². The molecule has 1 saturated heterocycles. The van der Waals surface area contributed by atoms with Crippen molar-refractivity contribution < 1.29 is 4.79 Å². The highest BCUT2D eigenvalue weighted by Gasteiger charge is 2.27. The number of hydrogen-bond acceptors (Lipinski definition) is 3. The van der Waals surface area contributed by atoms with Crippen LogP contribution in [0.25, 0.3) is 0 Å². The van der Waals surface area contributed by atoms with Crippen LogP contribution in [0.4, 0.5) is 0 Å². The van der Waals surface area contributed by atoms with Crippen LogP contribution in [0.3, 0.4) is 0 Å². The Morgan fingerprint density at radius 3 is 2.88 bits per heavy atom. The van der Waals surface area contributed by atoms with Crippen molar-refractivity contribution in [1.29, 1.82) is 0 Å². The molecule has 1 N–H and O–H groups in total. The molecule has 0 saturated carbocycles. The van der Waals surface area contributed by atoms with Crippen LogP contribution < -0.4 is 10.9 Å². The minimum absolute atomic E-state index is 0.0100. The monoisotopic (exact) mass is 235 g/mol. The molecule has 1 amide bonds. The second kappa shape index (κ2) is 5.14. The number of likely N-dealkylation sites (N-methyl/N-ethyl adjacent to an activating group) is 1. The van der Waals surface area contributed by atoms with E-state index in [-0.39, 0.29) is 17.5 Å². The molecule has 5 nitrogen and oxygen atoms in total. The summed E-state index contributed by atoms with van der Waals surface area (Å²) in [5.41, 5.74) is -0.0100. The highest BCUT2D eigenvalue weighted by molar-refractivity contribution is 5.83. The number of nitrogens with one attached hydrogen (secondary N) is 1. The first-order valence-corrected chi connectivity index (χ1v) is 5.82. The van der Waals surface area contributed by atoms with Crippen molar-refractivity contribution in [3.63, 3.8) is 0 Å². The number of rotatable bonds is 4. The van der Waals surface area contributed by atoms with Gasteiger partial charge in [0.15, 0.2) is 0 Å². The third kappa shape index (κ3) is 2.74. The fourth-order valence-electron chi connectivity index (χ4n) is 2.02. The van der Waals surface area contributed by atoms with Gasteiger partial charge < -0.3 is 14.8 Å². The molecule has 1 aliphatic heterocycles. The Morgan fingerprint density at radius 2 is 2.24 bits per heavy atom. The van der Waals surface area contributed by atoms with Gasteiger partial charge in [0, 0.05) is 38.9 Å². The van der Waals surface area contributed by atoms with Gasteiger partial charge in [0.05, 0.1) is 6.04 Å². The summed E-state index contributed by atoms with van der Waals surface area (Å²) in [7, 11) is 1.81. The van der Waals surface area contributed by atoms with Crippen molar-refractivity contribution in [2.45, 2.75) is 19.0 Å². The predicted octanol–water partition coefficient (Wildman–Crippen LogP) is -0.331. The average Bonchev–Trinajstić information content (AvgIpc) is 2.63. The summed E-state index contributed by atoms with van der Waals surface area (Å²) >= 11 is 0. The quantitative estimate of drug-likeness (QED) is 0.777. The van der Waals surface area contributed by atoms with E-state index in [0.717, 1.165) is 13.0 Å². The predicted molar refractivity (Wildman–Crippen MR) is 64.7 cm³/mol. The van der Waals surface area contributed by atoms with Gasteiger partial charge in [0.2, 0.25) is 5.91 Å². The highest BCUT2D eigenvalue weighted by atomic mass is 16.2. The Morgan fingerprint density at radius 1 is 1.41 bits per heavy atom. The largest absolute Gasteiger partial charge is 0.344 e. The molecular formula is C12H17N3O2. The zero-order valence-corrected chi connectivity index (χ0v) is 9.93. The molecule has 92 valence electrons. The number of carbonyl (C=O) groups excluding carboxylic acids is 1. The topological polar surface area (TPSA) is 54.3 Å². The van der Waals surface area contributed by atoms with Gasteiger partial charge in [-0.15, -0.1) is 0 Å². The Hall–Kier alpha value is -1.62. The third-order valence-corrected chi connectivity index (χ3v) is 3.07. The van der Waals surface area contributed by atoms with Gasteiger partial charge in [-0.05, 0) is 12.5 Å². The second-order valence-corrected chi connectivity index (χ2v) is 4.29. The molecule has 0 bridgehead atoms. The highest BCUT2D eigenvalue weighted by Crippen LogP contribution is 2.07. The molecular weight excluding hydrogens is 218 g/mol. The molecule has 1 aromatic heterocycles. The van der Waals surface area contributed by atoms with Gasteiger partial charge in [-0.2, -0.15) is 0 Å². The standard InChI is InChI=1S/C12H17N3O2/c1-14-8-5-10(12(14)17)13-6-9-15-7-3-2-4-11(15)16/h2-4,7,10,13H,5-6,8-9H2,1H3. The Labute approximate surface area is 100 Å². The smallest absolute Gasteiger partial charge is 0.250 e. The molecule has 1 aromatic rings. The SMILES string of the molecule is CN1CCC(NCCn2ccccc2=O)C1=O. The molecule has 5 heteroatoms. The fraction of sp³-hybridized carbons (Fsp3) is 0.500. The molecule has 1 aliphatic rings. The van der Waals surface area contributed by atoms with Crippen molar-refractivity contribution in [3.8, 4) is 0 Å². The molecule has 17 heavy (non-hydrogen) atoms. The number of pyridine rings is 1. The van der Waals surface area contributed by atoms with E-state index in [4.69, 9.17) is 0 Å². The Kier molecular flexibility index (Phi) is 3.58. The van der Waals surface area contributed by atoms with Gasteiger partial charge in [-0.3, -0.25) is 9.59 Å². The van der Waals surface area contributed by atoms with Crippen molar-refractivity contribution in [1.82, 2.24) is 14.8 Å². The number of aromatic nitrogens is 1. The lowest BCUT2D eigenvalue weighted by Gasteiger charge is -2.12. The normalized spacial score (nSPS) is 19.9. The Balaban J connectivity index is 1.83. The van der Waals surface area contributed by atoms with E-state index in [0.29, 0.717) is 13.1 Å². The van der Waals surface area contributed by atoms with Crippen LogP contribution in [0.5, 0.6) is 0 Å². The van der Waals surface area contributed by atoms with Crippen molar-refractivity contribution >= 4 is 5.91 Å². The van der Waals surface area contributed by atoms with Crippen LogP contribution in [-0.2, 0) is 11.3 Å². The van der Waals surface area contributed by atoms with Crippen LogP contribution in [0.1, 0.15) is 6.42 Å². The number of likely N-dealkylation sites (tertiary alicyclic amines) is 1. The summed E-state index contributed by atoms with van der Waals surface area (Å²) in [5.74, 6) is 0.144. The number of amides is 1. The van der Waals surface area contributed by atoms with E-state index >= 15 is 0 Å². The van der Waals surface area contributed by atoms with Crippen molar-refractivity contribution in [3.05, 3.63) is 34.7 Å². The summed E-state index contributed by atoms with van der Waals surface area (Å²) in [6.07, 6.45) is 2.60. The lowest BCUT2D eigenvalue weighted by atomic mass is 10.2. The minimum Gasteiger partial charge on any atom is -0.344 e. The minimum atomic E-state index is -0.0839. The number of nitrogens with zero attached hydrogens (tertiary/aromatic N) is 2. The summed E-state index contributed by atoms with van der Waals surface area (Å²) in [6.45, 7) is 2.03. The lowest BCUT2D eigenvalue weighted by molar-refractivity contribution is -0.128. The fourth-order valence-corrected chi connectivity index (χ4v) is 2.02. The van der Waals surface area contributed by atoms with E-state index in [9.17, 15) is 9.59 Å². The van der Waals surface area contributed by atoms with Crippen molar-refractivity contribution in [2.24, 2.45) is 0 Å². The van der Waals surface area contributed by atoms with E-state index in [1.807, 2.05) is 13.1 Å². The van der Waals surface area contributed by atoms with E-state index in [2.05, 4.69) is 5.32 Å². The van der Waals surface area contributed by atoms with Crippen LogP contribution in [0, 0.1) is 0 Å². The van der Waals surface area contributed by atoms with Gasteiger partial charge in [-0.25, -0.2) is 0 Å². The van der Waals surface area contributed by atoms with E-state index in [1.165, 1.54) is 6.07 Å². The van der Waals surface area contributed by atoms with E-state index < -0.39 is 0 Å². The van der Waals surface area contributed by atoms with Gasteiger partial charge in [-0.1, -0.05) is 6.07 Å². The molecule has 0 spiro atoms. The number of carbonyl (C=O) groups is 1. The Bertz CT molecular complexity index is 455. The zero-order valence-electron chi connectivity index (χ0n) is 9.93. The van der Waals surface area contributed by atoms with E-state index in [1.54, 1.807) is 21.7 Å².